The van der Waals surface area contributed by atoms with E-state index in [1.54, 1.807) is 12.1 Å². The fraction of sp³-hybridized carbons (Fsp3) is 0.500. The zero-order valence-electron chi connectivity index (χ0n) is 17.6. The molecule has 2 aromatic rings. The maximum Gasteiger partial charge on any atom is 0.348 e. The number of nitrogens with zero attached hydrogens (tertiary/aromatic N) is 3. The van der Waals surface area contributed by atoms with Crippen LogP contribution in [0.5, 0.6) is 0 Å². The molecule has 0 fully saturated rings. The summed E-state index contributed by atoms with van der Waals surface area (Å²) in [6.07, 6.45) is 3.87. The average molecular weight is 433 g/mol. The summed E-state index contributed by atoms with van der Waals surface area (Å²) in [5, 5.41) is 3.34. The molecular weight excluding hydrogens is 403 g/mol. The van der Waals surface area contributed by atoms with E-state index in [4.69, 9.17) is 0 Å². The highest BCUT2D eigenvalue weighted by Gasteiger charge is 2.21. The van der Waals surface area contributed by atoms with Crippen LogP contribution in [-0.4, -0.2) is 45.7 Å². The van der Waals surface area contributed by atoms with E-state index in [1.165, 1.54) is 23.9 Å². The maximum absolute atomic E-state index is 13.3. The molecule has 0 saturated carbocycles. The summed E-state index contributed by atoms with van der Waals surface area (Å²) in [5.41, 5.74) is 2.35. The van der Waals surface area contributed by atoms with Gasteiger partial charge in [0.15, 0.2) is 0 Å². The SMILES string of the molecule is CCN(CC)CCn1c2c(c(SCC(=O)Nc3cccc(F)c3)nc1=O)CCCC2. The molecule has 0 unspecified atom stereocenters. The molecule has 0 spiro atoms. The van der Waals surface area contributed by atoms with Gasteiger partial charge >= 0.3 is 5.69 Å². The molecule has 8 heteroatoms. The van der Waals surface area contributed by atoms with Crippen LogP contribution in [-0.2, 0) is 24.2 Å². The van der Waals surface area contributed by atoms with Gasteiger partial charge in [-0.05, 0) is 57.0 Å². The van der Waals surface area contributed by atoms with Crippen LogP contribution >= 0.6 is 11.8 Å². The highest BCUT2D eigenvalue weighted by Crippen LogP contribution is 2.28. The van der Waals surface area contributed by atoms with Crippen LogP contribution in [0.4, 0.5) is 10.1 Å². The van der Waals surface area contributed by atoms with Crippen LogP contribution in [0.15, 0.2) is 34.1 Å². The molecule has 0 aliphatic heterocycles. The third-order valence-corrected chi connectivity index (χ3v) is 6.45. The van der Waals surface area contributed by atoms with Crippen LogP contribution in [0, 0.1) is 5.82 Å². The first-order valence-corrected chi connectivity index (χ1v) is 11.5. The topological polar surface area (TPSA) is 67.2 Å². The van der Waals surface area contributed by atoms with Crippen molar-refractivity contribution in [3.8, 4) is 0 Å². The summed E-state index contributed by atoms with van der Waals surface area (Å²) >= 11 is 1.28. The second-order valence-electron chi connectivity index (χ2n) is 7.36. The molecule has 0 saturated heterocycles. The number of anilines is 1. The number of aromatic nitrogens is 2. The zero-order chi connectivity index (χ0) is 21.5. The summed E-state index contributed by atoms with van der Waals surface area (Å²) in [6.45, 7) is 7.61. The van der Waals surface area contributed by atoms with Crippen LogP contribution in [0.25, 0.3) is 0 Å². The third-order valence-electron chi connectivity index (χ3n) is 5.43. The van der Waals surface area contributed by atoms with Crippen molar-refractivity contribution in [3.05, 3.63) is 51.8 Å². The number of hydrogen-bond donors (Lipinski definition) is 1. The lowest BCUT2D eigenvalue weighted by atomic mass is 9.97. The number of likely N-dealkylation sites (N-methyl/N-ethyl adjacent to an activating group) is 1. The quantitative estimate of drug-likeness (QED) is 0.486. The summed E-state index contributed by atoms with van der Waals surface area (Å²) in [5.74, 6) is -0.522. The first-order chi connectivity index (χ1) is 14.5. The van der Waals surface area contributed by atoms with Crippen molar-refractivity contribution in [2.75, 3.05) is 30.7 Å². The molecule has 30 heavy (non-hydrogen) atoms. The van der Waals surface area contributed by atoms with Gasteiger partial charge in [0.05, 0.1) is 5.75 Å². The Bertz CT molecular complexity index is 943. The van der Waals surface area contributed by atoms with E-state index in [9.17, 15) is 14.0 Å². The van der Waals surface area contributed by atoms with Crippen molar-refractivity contribution in [2.45, 2.75) is 51.1 Å². The molecule has 3 rings (SSSR count). The Kier molecular flexibility index (Phi) is 8.04. The number of benzene rings is 1. The molecule has 1 N–H and O–H groups in total. The Morgan fingerprint density at radius 2 is 2.03 bits per heavy atom. The van der Waals surface area contributed by atoms with Crippen molar-refractivity contribution in [1.29, 1.82) is 0 Å². The van der Waals surface area contributed by atoms with Crippen molar-refractivity contribution in [3.63, 3.8) is 0 Å². The lowest BCUT2D eigenvalue weighted by Crippen LogP contribution is -2.35. The Morgan fingerprint density at radius 3 is 2.77 bits per heavy atom. The van der Waals surface area contributed by atoms with E-state index in [-0.39, 0.29) is 17.3 Å². The van der Waals surface area contributed by atoms with E-state index >= 15 is 0 Å². The molecule has 1 amide bonds. The average Bonchev–Trinajstić information content (AvgIpc) is 2.74. The van der Waals surface area contributed by atoms with Crippen molar-refractivity contribution < 1.29 is 9.18 Å². The van der Waals surface area contributed by atoms with E-state index in [0.29, 0.717) is 17.3 Å². The van der Waals surface area contributed by atoms with Crippen molar-refractivity contribution in [1.82, 2.24) is 14.5 Å². The van der Waals surface area contributed by atoms with Gasteiger partial charge in [-0.2, -0.15) is 4.98 Å². The van der Waals surface area contributed by atoms with Gasteiger partial charge in [0.1, 0.15) is 10.8 Å². The monoisotopic (exact) mass is 432 g/mol. The number of thioether (sulfide) groups is 1. The number of rotatable bonds is 9. The lowest BCUT2D eigenvalue weighted by molar-refractivity contribution is -0.113. The van der Waals surface area contributed by atoms with Gasteiger partial charge in [-0.15, -0.1) is 0 Å². The number of carbonyl (C=O) groups is 1. The molecule has 1 aliphatic carbocycles. The summed E-state index contributed by atoms with van der Waals surface area (Å²) in [6, 6.07) is 5.80. The predicted molar refractivity (Wildman–Crippen MR) is 119 cm³/mol. The minimum Gasteiger partial charge on any atom is -0.325 e. The van der Waals surface area contributed by atoms with E-state index in [2.05, 4.69) is 29.0 Å². The molecule has 0 atom stereocenters. The Hall–Kier alpha value is -2.19. The zero-order valence-corrected chi connectivity index (χ0v) is 18.4. The highest BCUT2D eigenvalue weighted by atomic mass is 32.2. The minimum atomic E-state index is -0.399. The summed E-state index contributed by atoms with van der Waals surface area (Å²) in [4.78, 5) is 31.7. The number of hydrogen-bond acceptors (Lipinski definition) is 5. The number of fused-ring (bicyclic) bond motifs is 1. The second kappa shape index (κ2) is 10.7. The molecular formula is C22H29FN4O2S. The van der Waals surface area contributed by atoms with Gasteiger partial charge in [0, 0.05) is 30.0 Å². The molecule has 6 nitrogen and oxygen atoms in total. The highest BCUT2D eigenvalue weighted by molar-refractivity contribution is 8.00. The second-order valence-corrected chi connectivity index (χ2v) is 8.32. The largest absolute Gasteiger partial charge is 0.348 e. The number of amides is 1. The van der Waals surface area contributed by atoms with Gasteiger partial charge in [-0.1, -0.05) is 31.7 Å². The molecule has 1 aromatic heterocycles. The van der Waals surface area contributed by atoms with Crippen LogP contribution < -0.4 is 11.0 Å². The number of halogens is 1. The normalized spacial score (nSPS) is 13.3. The van der Waals surface area contributed by atoms with Crippen molar-refractivity contribution >= 4 is 23.4 Å². The van der Waals surface area contributed by atoms with Gasteiger partial charge in [0.2, 0.25) is 5.91 Å². The first kappa shape index (κ1) is 22.5. The van der Waals surface area contributed by atoms with E-state index in [0.717, 1.165) is 56.6 Å². The molecule has 0 bridgehead atoms. The van der Waals surface area contributed by atoms with Crippen LogP contribution in [0.3, 0.4) is 0 Å². The lowest BCUT2D eigenvalue weighted by Gasteiger charge is -2.24. The first-order valence-electron chi connectivity index (χ1n) is 10.5. The maximum atomic E-state index is 13.3. The van der Waals surface area contributed by atoms with Gasteiger partial charge < -0.3 is 10.2 Å². The molecule has 1 aliphatic rings. The molecule has 162 valence electrons. The smallest absolute Gasteiger partial charge is 0.325 e. The Labute approximate surface area is 180 Å². The van der Waals surface area contributed by atoms with E-state index in [1.807, 2.05) is 4.57 Å². The van der Waals surface area contributed by atoms with Crippen molar-refractivity contribution in [2.24, 2.45) is 0 Å². The molecule has 0 radical (unpaired) electrons. The standard InChI is InChI=1S/C22H29FN4O2S/c1-3-26(4-2)12-13-27-19-11-6-5-10-18(19)21(25-22(27)29)30-15-20(28)24-17-9-7-8-16(23)14-17/h7-9,14H,3-6,10-13,15H2,1-2H3,(H,24,28). The third kappa shape index (κ3) is 5.70. The fourth-order valence-electron chi connectivity index (χ4n) is 3.78. The van der Waals surface area contributed by atoms with Crippen LogP contribution in [0.1, 0.15) is 37.9 Å². The van der Waals surface area contributed by atoms with E-state index < -0.39 is 5.82 Å². The molecule has 1 heterocycles. The summed E-state index contributed by atoms with van der Waals surface area (Å²) in [7, 11) is 0. The Balaban J connectivity index is 1.73. The van der Waals surface area contributed by atoms with Gasteiger partial charge in [-0.3, -0.25) is 9.36 Å². The number of nitrogens with one attached hydrogen (secondary N) is 1. The van der Waals surface area contributed by atoms with Gasteiger partial charge in [-0.25, -0.2) is 9.18 Å². The minimum absolute atomic E-state index is 0.124. The Morgan fingerprint density at radius 1 is 1.27 bits per heavy atom. The van der Waals surface area contributed by atoms with Gasteiger partial charge in [0.25, 0.3) is 0 Å². The predicted octanol–water partition coefficient (Wildman–Crippen LogP) is 3.33. The summed E-state index contributed by atoms with van der Waals surface area (Å²) < 4.78 is 15.1. The number of carbonyl (C=O) groups excluding carboxylic acids is 1. The molecule has 1 aromatic carbocycles. The van der Waals surface area contributed by atoms with Crippen LogP contribution in [0.2, 0.25) is 0 Å². The fourth-order valence-corrected chi connectivity index (χ4v) is 4.65.